The molecule has 0 spiro atoms. The number of aromatic nitrogens is 1. The Morgan fingerprint density at radius 1 is 0.750 bits per heavy atom. The minimum atomic E-state index is -4.37. The van der Waals surface area contributed by atoms with E-state index < -0.39 is 70.7 Å². The third-order valence-electron chi connectivity index (χ3n) is 8.79. The van der Waals surface area contributed by atoms with Gasteiger partial charge in [-0.2, -0.15) is 26.3 Å². The zero-order chi connectivity index (χ0) is 32.1. The molecule has 0 radical (unpaired) electrons. The van der Waals surface area contributed by atoms with Gasteiger partial charge in [0.25, 0.3) is 17.0 Å². The predicted octanol–water partition coefficient (Wildman–Crippen LogP) is 5.06. The van der Waals surface area contributed by atoms with Crippen LogP contribution in [0.1, 0.15) is 77.6 Å². The van der Waals surface area contributed by atoms with Gasteiger partial charge >= 0.3 is 18.3 Å². The first-order valence-corrected chi connectivity index (χ1v) is 14.1. The fraction of sp³-hybridized carbons (Fsp3) is 0.483. The topological polar surface area (TPSA) is 152 Å². The van der Waals surface area contributed by atoms with Gasteiger partial charge < -0.3 is 15.7 Å². The van der Waals surface area contributed by atoms with E-state index in [0.29, 0.717) is 0 Å². The largest absolute Gasteiger partial charge is 0.478 e. The highest BCUT2D eigenvalue weighted by atomic mass is 19.4. The fourth-order valence-corrected chi connectivity index (χ4v) is 6.46. The Morgan fingerprint density at radius 3 is 1.66 bits per heavy atom. The molecule has 2 aliphatic rings. The molecule has 6 rings (SSSR count). The van der Waals surface area contributed by atoms with Crippen LogP contribution in [0.3, 0.4) is 0 Å². The molecule has 15 heteroatoms. The molecule has 9 nitrogen and oxygen atoms in total. The number of hydrogen-bond acceptors (Lipinski definition) is 5. The van der Waals surface area contributed by atoms with Crippen molar-refractivity contribution >= 4 is 39.3 Å². The number of amidine groups is 1. The smallest absolute Gasteiger partial charge is 0.391 e. The van der Waals surface area contributed by atoms with E-state index in [1.54, 1.807) is 0 Å². The third-order valence-corrected chi connectivity index (χ3v) is 8.79. The minimum Gasteiger partial charge on any atom is -0.478 e. The lowest BCUT2D eigenvalue weighted by Gasteiger charge is -2.31. The van der Waals surface area contributed by atoms with Gasteiger partial charge in [-0.25, -0.2) is 4.79 Å². The van der Waals surface area contributed by atoms with Crippen molar-refractivity contribution in [3.8, 4) is 0 Å². The van der Waals surface area contributed by atoms with E-state index in [0.717, 1.165) is 6.07 Å². The van der Waals surface area contributed by atoms with E-state index >= 15 is 0 Å². The second-order valence-electron chi connectivity index (χ2n) is 11.5. The molecule has 0 aliphatic heterocycles. The van der Waals surface area contributed by atoms with Crippen LogP contribution in [0, 0.1) is 17.2 Å². The molecule has 236 valence electrons. The molecule has 2 aromatic carbocycles. The first-order chi connectivity index (χ1) is 20.6. The van der Waals surface area contributed by atoms with Crippen molar-refractivity contribution < 1.29 is 41.0 Å². The number of carboxylic acid groups (broad SMARTS) is 1. The van der Waals surface area contributed by atoms with Crippen molar-refractivity contribution in [2.45, 2.75) is 75.8 Å². The first kappa shape index (κ1) is 31.3. The maximum Gasteiger partial charge on any atom is 0.391 e. The fourth-order valence-electron chi connectivity index (χ4n) is 6.46. The van der Waals surface area contributed by atoms with Gasteiger partial charge in [0.2, 0.25) is 0 Å². The summed E-state index contributed by atoms with van der Waals surface area (Å²) in [6.45, 7) is 0. The Hall–Kier alpha value is -4.17. The van der Waals surface area contributed by atoms with Gasteiger partial charge in [0.05, 0.1) is 17.4 Å². The summed E-state index contributed by atoms with van der Waals surface area (Å²) in [5.41, 5.74) is -3.03. The molecule has 2 bridgehead atoms. The summed E-state index contributed by atoms with van der Waals surface area (Å²) in [5.74, 6) is -5.97. The average molecular weight is 627 g/mol. The van der Waals surface area contributed by atoms with Gasteiger partial charge in [-0.05, 0) is 69.6 Å². The van der Waals surface area contributed by atoms with Crippen LogP contribution in [0.2, 0.25) is 0 Å². The highest BCUT2D eigenvalue weighted by molar-refractivity contribution is 6.27. The summed E-state index contributed by atoms with van der Waals surface area (Å²) in [5, 5.41) is 23.7. The maximum absolute atomic E-state index is 13.6. The number of halogens is 6. The van der Waals surface area contributed by atoms with Crippen LogP contribution in [0.4, 0.5) is 26.3 Å². The molecule has 0 atom stereocenters. The van der Waals surface area contributed by atoms with Crippen molar-refractivity contribution in [1.82, 2.24) is 15.6 Å². The summed E-state index contributed by atoms with van der Waals surface area (Å²) in [4.78, 5) is 54.1. The number of hydrogen-bond donors (Lipinski definition) is 5. The molecule has 2 aliphatic carbocycles. The van der Waals surface area contributed by atoms with Gasteiger partial charge in [-0.3, -0.25) is 24.8 Å². The lowest BCUT2D eigenvalue weighted by molar-refractivity contribution is -0.183. The zero-order valence-electron chi connectivity index (χ0n) is 23.0. The standard InChI is InChI=1S/C29H28F6N4O5/c30-28(31,32)12-1-5-14(6-2-12)37-23(36)22-19(27(43)44)11-18(20-16-9-10-17(21(20)22)25(41)39-24(16)40)26(42)38-15-7-3-13(4-8-15)29(33,34)35/h9-15H,1-8H2,(H2,36,37)(H,38,42)(H,43,44)(H,39,40,41)/t12-,13-,14+,15+. The molecular weight excluding hydrogens is 598 g/mol. The number of carbonyl (C=O) groups excluding carboxylic acids is 1. The minimum absolute atomic E-state index is 0.0138. The van der Waals surface area contributed by atoms with Crippen LogP contribution in [0.25, 0.3) is 21.5 Å². The van der Waals surface area contributed by atoms with E-state index in [1.165, 1.54) is 12.1 Å². The normalized spacial score (nSPS) is 23.0. The molecule has 1 amide bonds. The van der Waals surface area contributed by atoms with Gasteiger partial charge in [-0.15, -0.1) is 0 Å². The number of fused-ring (bicyclic) bond motifs is 3. The molecule has 2 saturated carbocycles. The van der Waals surface area contributed by atoms with Gasteiger partial charge in [0.1, 0.15) is 5.84 Å². The van der Waals surface area contributed by atoms with E-state index in [2.05, 4.69) is 15.6 Å². The summed E-state index contributed by atoms with van der Waals surface area (Å²) < 4.78 is 78.8. The second kappa shape index (κ2) is 11.4. The molecular formula is C29H28F6N4O5. The molecule has 2 aromatic heterocycles. The third kappa shape index (κ3) is 5.95. The maximum atomic E-state index is 13.6. The predicted molar refractivity (Wildman–Crippen MR) is 148 cm³/mol. The number of carboxylic acids is 1. The highest BCUT2D eigenvalue weighted by Crippen LogP contribution is 2.39. The Bertz CT molecular complexity index is 1740. The lowest BCUT2D eigenvalue weighted by atomic mass is 9.84. The molecule has 2 fully saturated rings. The molecule has 2 heterocycles. The van der Waals surface area contributed by atoms with Crippen LogP contribution in [0.5, 0.6) is 0 Å². The molecule has 4 aromatic rings. The first-order valence-electron chi connectivity index (χ1n) is 14.1. The van der Waals surface area contributed by atoms with Gasteiger partial charge in [-0.1, -0.05) is 0 Å². The number of alkyl halides is 6. The highest BCUT2D eigenvalue weighted by Gasteiger charge is 2.43. The Labute approximate surface area is 244 Å². The van der Waals surface area contributed by atoms with E-state index in [4.69, 9.17) is 5.41 Å². The van der Waals surface area contributed by atoms with Crippen LogP contribution in [0.15, 0.2) is 27.8 Å². The number of aromatic amines is 1. The van der Waals surface area contributed by atoms with E-state index in [9.17, 15) is 50.6 Å². The second-order valence-corrected chi connectivity index (χ2v) is 11.5. The van der Waals surface area contributed by atoms with Crippen LogP contribution < -0.4 is 21.8 Å². The monoisotopic (exact) mass is 626 g/mol. The van der Waals surface area contributed by atoms with Crippen LogP contribution >= 0.6 is 0 Å². The number of rotatable bonds is 5. The summed E-state index contributed by atoms with van der Waals surface area (Å²) in [6, 6.07) is 2.18. The summed E-state index contributed by atoms with van der Waals surface area (Å²) in [6.07, 6.45) is -9.44. The summed E-state index contributed by atoms with van der Waals surface area (Å²) >= 11 is 0. The number of benzene rings is 2. The Morgan fingerprint density at radius 2 is 1.20 bits per heavy atom. The SMILES string of the molecule is N=C(N[C@H]1CC[C@@H](C(F)(F)F)CC1)c1c(C(=O)O)cc(C(=O)N[C@H]2CC[C@@H](C(F)(F)F)CC2)c2c3ccc(c(=O)[nH]c3=O)c12. The number of nitrogens with one attached hydrogen (secondary N) is 4. The van der Waals surface area contributed by atoms with Crippen molar-refractivity contribution in [1.29, 1.82) is 5.41 Å². The van der Waals surface area contributed by atoms with E-state index in [-0.39, 0.29) is 84.0 Å². The average Bonchev–Trinajstić information content (AvgIpc) is 3.15. The van der Waals surface area contributed by atoms with E-state index in [1.807, 2.05) is 0 Å². The van der Waals surface area contributed by atoms with Gasteiger partial charge in [0.15, 0.2) is 0 Å². The van der Waals surface area contributed by atoms with Crippen LogP contribution in [-0.4, -0.2) is 52.2 Å². The lowest BCUT2D eigenvalue weighted by Crippen LogP contribution is -2.41. The molecule has 0 unspecified atom stereocenters. The zero-order valence-corrected chi connectivity index (χ0v) is 23.0. The number of aromatic carboxylic acids is 1. The van der Waals surface area contributed by atoms with Crippen molar-refractivity contribution in [3.05, 3.63) is 55.6 Å². The van der Waals surface area contributed by atoms with Crippen molar-refractivity contribution in [3.63, 3.8) is 0 Å². The van der Waals surface area contributed by atoms with Crippen LogP contribution in [-0.2, 0) is 0 Å². The number of H-pyrrole nitrogens is 1. The summed E-state index contributed by atoms with van der Waals surface area (Å²) in [7, 11) is 0. The van der Waals surface area contributed by atoms with Crippen molar-refractivity contribution in [2.24, 2.45) is 11.8 Å². The number of amides is 1. The Balaban J connectivity index is 1.57. The van der Waals surface area contributed by atoms with Crippen molar-refractivity contribution in [2.75, 3.05) is 0 Å². The number of carbonyl (C=O) groups is 2. The Kier molecular flexibility index (Phi) is 8.10. The molecule has 5 N–H and O–H groups in total. The quantitative estimate of drug-likeness (QED) is 0.152. The molecule has 0 saturated heterocycles. The van der Waals surface area contributed by atoms with Gasteiger partial charge in [0, 0.05) is 44.8 Å². The molecule has 44 heavy (non-hydrogen) atoms.